The van der Waals surface area contributed by atoms with Gasteiger partial charge in [0.2, 0.25) is 0 Å². The Morgan fingerprint density at radius 3 is 2.50 bits per heavy atom. The first-order chi connectivity index (χ1) is 7.36. The third kappa shape index (κ3) is 3.81. The normalized spacial score (nSPS) is 9.56. The highest BCUT2D eigenvalue weighted by Gasteiger charge is 2.00. The lowest BCUT2D eigenvalue weighted by atomic mass is 10.4. The Morgan fingerprint density at radius 2 is 1.81 bits per heavy atom. The second kappa shape index (κ2) is 6.94. The van der Waals surface area contributed by atoms with Crippen molar-refractivity contribution in [3.8, 4) is 0 Å². The minimum absolute atomic E-state index is 0. The van der Waals surface area contributed by atoms with Gasteiger partial charge in [-0.3, -0.25) is 4.98 Å². The number of pyridine rings is 1. The zero-order chi connectivity index (χ0) is 10.5. The van der Waals surface area contributed by atoms with E-state index < -0.39 is 0 Å². The molecule has 1 aromatic carbocycles. The molecular weight excluding hydrogens is 306 g/mol. The number of nitrogens with zero attached hydrogens (tertiary/aromatic N) is 1. The Balaban J connectivity index is 0.00000128. The Kier molecular flexibility index (Phi) is 5.88. The molecule has 2 aromatic rings. The number of halogens is 2. The van der Waals surface area contributed by atoms with Gasteiger partial charge in [-0.15, -0.1) is 24.2 Å². The monoisotopic (exact) mass is 315 g/mol. The first kappa shape index (κ1) is 13.6. The molecule has 0 aliphatic rings. The summed E-state index contributed by atoms with van der Waals surface area (Å²) in [6.45, 7) is 0. The molecule has 1 aromatic heterocycles. The molecule has 0 radical (unpaired) electrons. The fourth-order valence-electron chi connectivity index (χ4n) is 1.20. The molecule has 0 aliphatic heterocycles. The van der Waals surface area contributed by atoms with Crippen LogP contribution in [0.3, 0.4) is 0 Å². The predicted molar refractivity (Wildman–Crippen MR) is 75.2 cm³/mol. The van der Waals surface area contributed by atoms with E-state index >= 15 is 0 Å². The van der Waals surface area contributed by atoms with E-state index in [4.69, 9.17) is 0 Å². The van der Waals surface area contributed by atoms with Crippen LogP contribution in [0.25, 0.3) is 0 Å². The maximum atomic E-state index is 4.29. The lowest BCUT2D eigenvalue weighted by molar-refractivity contribution is 1.17. The van der Waals surface area contributed by atoms with Crippen LogP contribution in [0.2, 0.25) is 0 Å². The van der Waals surface area contributed by atoms with Crippen LogP contribution in [0.4, 0.5) is 0 Å². The Labute approximate surface area is 114 Å². The van der Waals surface area contributed by atoms with Gasteiger partial charge in [-0.25, -0.2) is 0 Å². The summed E-state index contributed by atoms with van der Waals surface area (Å²) in [6, 6.07) is 14.2. The molecule has 16 heavy (non-hydrogen) atoms. The van der Waals surface area contributed by atoms with Crippen LogP contribution in [0.1, 0.15) is 5.69 Å². The fraction of sp³-hybridized carbons (Fsp3) is 0.0833. The molecule has 0 saturated carbocycles. The third-order valence-corrected chi connectivity index (χ3v) is 4.00. The van der Waals surface area contributed by atoms with Gasteiger partial charge in [-0.1, -0.05) is 18.2 Å². The van der Waals surface area contributed by atoms with Gasteiger partial charge in [0.05, 0.1) is 5.69 Å². The maximum Gasteiger partial charge on any atom is 0.0506 e. The largest absolute Gasteiger partial charge is 0.260 e. The number of thioether (sulfide) groups is 1. The van der Waals surface area contributed by atoms with Crippen LogP contribution in [0, 0.1) is 0 Å². The van der Waals surface area contributed by atoms with Gasteiger partial charge in [0.1, 0.15) is 0 Å². The maximum absolute atomic E-state index is 4.29. The number of benzene rings is 1. The van der Waals surface area contributed by atoms with Gasteiger partial charge in [0.25, 0.3) is 0 Å². The van der Waals surface area contributed by atoms with Crippen molar-refractivity contribution in [2.24, 2.45) is 0 Å². The molecular formula is C12H11BrClNS. The van der Waals surface area contributed by atoms with Gasteiger partial charge in [0.15, 0.2) is 0 Å². The predicted octanol–water partition coefficient (Wildman–Crippen LogP) is 4.56. The lowest BCUT2D eigenvalue weighted by Gasteiger charge is -2.03. The molecule has 4 heteroatoms. The third-order valence-electron chi connectivity index (χ3n) is 1.94. The molecule has 1 heterocycles. The number of aromatic nitrogens is 1. The Morgan fingerprint density at radius 1 is 1.06 bits per heavy atom. The second-order valence-electron chi connectivity index (χ2n) is 3.04. The first-order valence-corrected chi connectivity index (χ1v) is 6.41. The topological polar surface area (TPSA) is 12.9 Å². The average molecular weight is 317 g/mol. The quantitative estimate of drug-likeness (QED) is 0.770. The molecule has 2 rings (SSSR count). The van der Waals surface area contributed by atoms with E-state index in [-0.39, 0.29) is 12.4 Å². The molecule has 0 unspecified atom stereocenters. The summed E-state index contributed by atoms with van der Waals surface area (Å²) in [6.07, 6.45) is 1.83. The summed E-state index contributed by atoms with van der Waals surface area (Å²) in [7, 11) is 0. The van der Waals surface area contributed by atoms with E-state index in [1.807, 2.05) is 36.5 Å². The zero-order valence-electron chi connectivity index (χ0n) is 8.47. The summed E-state index contributed by atoms with van der Waals surface area (Å²) in [5.41, 5.74) is 1.11. The van der Waals surface area contributed by atoms with Crippen molar-refractivity contribution in [3.05, 3.63) is 58.8 Å². The van der Waals surface area contributed by atoms with Crippen molar-refractivity contribution in [1.29, 1.82) is 0 Å². The molecule has 0 spiro atoms. The zero-order valence-corrected chi connectivity index (χ0v) is 11.7. The summed E-state index contributed by atoms with van der Waals surface area (Å²) in [5, 5.41) is 0. The van der Waals surface area contributed by atoms with Crippen molar-refractivity contribution in [2.75, 3.05) is 0 Å². The minimum Gasteiger partial charge on any atom is -0.260 e. The average Bonchev–Trinajstić information content (AvgIpc) is 2.29. The van der Waals surface area contributed by atoms with Crippen LogP contribution in [0.5, 0.6) is 0 Å². The summed E-state index contributed by atoms with van der Waals surface area (Å²) < 4.78 is 1.14. The molecule has 0 N–H and O–H groups in total. The van der Waals surface area contributed by atoms with Crippen LogP contribution < -0.4 is 0 Å². The highest BCUT2D eigenvalue weighted by molar-refractivity contribution is 9.10. The van der Waals surface area contributed by atoms with Crippen molar-refractivity contribution < 1.29 is 0 Å². The molecule has 0 bridgehead atoms. The van der Waals surface area contributed by atoms with E-state index in [0.29, 0.717) is 0 Å². The number of hydrogen-bond acceptors (Lipinski definition) is 2. The Hall–Kier alpha value is -0.510. The standard InChI is InChI=1S/C12H10BrNS.ClH/c13-11-6-1-2-7-12(11)15-9-10-5-3-4-8-14-10;/h1-8H,9H2;1H. The van der Waals surface area contributed by atoms with E-state index in [9.17, 15) is 0 Å². The summed E-state index contributed by atoms with van der Waals surface area (Å²) in [5.74, 6) is 0.906. The van der Waals surface area contributed by atoms with Crippen LogP contribution in [-0.2, 0) is 5.75 Å². The SMILES string of the molecule is Brc1ccccc1SCc1ccccn1.Cl. The van der Waals surface area contributed by atoms with Gasteiger partial charge < -0.3 is 0 Å². The van der Waals surface area contributed by atoms with Crippen LogP contribution in [0.15, 0.2) is 58.0 Å². The van der Waals surface area contributed by atoms with Gasteiger partial charge >= 0.3 is 0 Å². The molecule has 84 valence electrons. The summed E-state index contributed by atoms with van der Waals surface area (Å²) >= 11 is 5.32. The van der Waals surface area contributed by atoms with E-state index in [0.717, 1.165) is 15.9 Å². The smallest absolute Gasteiger partial charge is 0.0506 e. The van der Waals surface area contributed by atoms with Crippen molar-refractivity contribution in [3.63, 3.8) is 0 Å². The van der Waals surface area contributed by atoms with Gasteiger partial charge in [0, 0.05) is 21.3 Å². The van der Waals surface area contributed by atoms with Crippen molar-refractivity contribution in [1.82, 2.24) is 4.98 Å². The highest BCUT2D eigenvalue weighted by atomic mass is 79.9. The van der Waals surface area contributed by atoms with E-state index in [2.05, 4.69) is 33.0 Å². The highest BCUT2D eigenvalue weighted by Crippen LogP contribution is 2.28. The van der Waals surface area contributed by atoms with Crippen LogP contribution in [-0.4, -0.2) is 4.98 Å². The molecule has 0 aliphatic carbocycles. The molecule has 0 fully saturated rings. The minimum atomic E-state index is 0. The van der Waals surface area contributed by atoms with Gasteiger partial charge in [-0.05, 0) is 40.2 Å². The van der Waals surface area contributed by atoms with Crippen molar-refractivity contribution in [2.45, 2.75) is 10.6 Å². The molecule has 0 saturated heterocycles. The van der Waals surface area contributed by atoms with Crippen molar-refractivity contribution >= 4 is 40.1 Å². The second-order valence-corrected chi connectivity index (χ2v) is 4.91. The molecule has 0 amide bonds. The Bertz CT molecular complexity index is 436. The lowest BCUT2D eigenvalue weighted by Crippen LogP contribution is -1.84. The van der Waals surface area contributed by atoms with E-state index in [1.165, 1.54) is 4.90 Å². The van der Waals surface area contributed by atoms with E-state index in [1.54, 1.807) is 11.8 Å². The fourth-order valence-corrected chi connectivity index (χ4v) is 2.68. The first-order valence-electron chi connectivity index (χ1n) is 4.63. The number of rotatable bonds is 3. The molecule has 1 nitrogen and oxygen atoms in total. The summed E-state index contributed by atoms with van der Waals surface area (Å²) in [4.78, 5) is 5.54. The molecule has 0 atom stereocenters. The number of hydrogen-bond donors (Lipinski definition) is 0. The van der Waals surface area contributed by atoms with Crippen LogP contribution >= 0.6 is 40.1 Å². The van der Waals surface area contributed by atoms with Gasteiger partial charge in [-0.2, -0.15) is 0 Å².